The number of benzene rings is 1. The molecule has 2 rings (SSSR count). The molecule has 21 heavy (non-hydrogen) atoms. The largest absolute Gasteiger partial charge is 0.323 e. The quantitative estimate of drug-likeness (QED) is 0.670. The van der Waals surface area contributed by atoms with Gasteiger partial charge in [0, 0.05) is 22.7 Å². The molecule has 2 unspecified atom stereocenters. The lowest BCUT2D eigenvalue weighted by molar-refractivity contribution is 0.653. The Labute approximate surface area is 131 Å². The number of nitrogens with two attached hydrogens (primary N) is 1. The van der Waals surface area contributed by atoms with Gasteiger partial charge in [0.15, 0.2) is 5.16 Å². The van der Waals surface area contributed by atoms with Crippen molar-refractivity contribution >= 4 is 11.8 Å². The highest BCUT2D eigenvalue weighted by atomic mass is 32.2. The van der Waals surface area contributed by atoms with Crippen molar-refractivity contribution < 1.29 is 0 Å². The molecule has 0 spiro atoms. The highest BCUT2D eigenvalue weighted by molar-refractivity contribution is 7.99. The van der Waals surface area contributed by atoms with Crippen LogP contribution < -0.4 is 5.73 Å². The first-order valence-corrected chi connectivity index (χ1v) is 8.20. The summed E-state index contributed by atoms with van der Waals surface area (Å²) in [6, 6.07) is 10.2. The Bertz CT molecular complexity index is 575. The molecule has 1 heterocycles. The fourth-order valence-electron chi connectivity index (χ4n) is 2.23. The molecule has 0 aliphatic carbocycles. The summed E-state index contributed by atoms with van der Waals surface area (Å²) >= 11 is 1.68. The van der Waals surface area contributed by atoms with Crippen molar-refractivity contribution in [3.05, 3.63) is 52.8 Å². The maximum absolute atomic E-state index is 6.43. The van der Waals surface area contributed by atoms with Crippen molar-refractivity contribution in [2.45, 2.75) is 50.6 Å². The van der Waals surface area contributed by atoms with Crippen LogP contribution >= 0.6 is 11.8 Å². The van der Waals surface area contributed by atoms with E-state index >= 15 is 0 Å². The van der Waals surface area contributed by atoms with Gasteiger partial charge < -0.3 is 5.73 Å². The van der Waals surface area contributed by atoms with Gasteiger partial charge in [0.25, 0.3) is 0 Å². The Morgan fingerprint density at radius 3 is 2.14 bits per heavy atom. The van der Waals surface area contributed by atoms with Crippen LogP contribution in [0.25, 0.3) is 0 Å². The highest BCUT2D eigenvalue weighted by Gasteiger charge is 2.20. The van der Waals surface area contributed by atoms with Gasteiger partial charge >= 0.3 is 0 Å². The summed E-state index contributed by atoms with van der Waals surface area (Å²) in [7, 11) is 0. The zero-order chi connectivity index (χ0) is 15.4. The van der Waals surface area contributed by atoms with E-state index in [0.29, 0.717) is 0 Å². The monoisotopic (exact) mass is 301 g/mol. The van der Waals surface area contributed by atoms with Gasteiger partial charge in [0.1, 0.15) is 0 Å². The van der Waals surface area contributed by atoms with E-state index in [1.807, 2.05) is 32.0 Å². The molecule has 0 fully saturated rings. The van der Waals surface area contributed by atoms with Crippen LogP contribution in [0, 0.1) is 20.8 Å². The predicted octanol–water partition coefficient (Wildman–Crippen LogP) is 3.97. The molecule has 0 amide bonds. The third-order valence-corrected chi connectivity index (χ3v) is 5.18. The maximum atomic E-state index is 6.43. The second-order valence-corrected chi connectivity index (χ2v) is 6.51. The summed E-state index contributed by atoms with van der Waals surface area (Å²) in [6.07, 6.45) is 0.982. The first-order valence-electron chi connectivity index (χ1n) is 7.32. The van der Waals surface area contributed by atoms with Crippen LogP contribution in [0.15, 0.2) is 35.5 Å². The van der Waals surface area contributed by atoms with Crippen LogP contribution in [-0.4, -0.2) is 15.2 Å². The van der Waals surface area contributed by atoms with Crippen molar-refractivity contribution in [2.24, 2.45) is 5.73 Å². The molecule has 2 N–H and O–H groups in total. The molecular weight excluding hydrogens is 278 g/mol. The normalized spacial score (nSPS) is 14.0. The van der Waals surface area contributed by atoms with E-state index in [4.69, 9.17) is 5.73 Å². The number of hydrogen-bond acceptors (Lipinski definition) is 4. The van der Waals surface area contributed by atoms with E-state index in [9.17, 15) is 0 Å². The lowest BCUT2D eigenvalue weighted by Crippen LogP contribution is -2.23. The van der Waals surface area contributed by atoms with Crippen LogP contribution in [0.2, 0.25) is 0 Å². The minimum atomic E-state index is -0.00767. The van der Waals surface area contributed by atoms with E-state index < -0.39 is 0 Å². The van der Waals surface area contributed by atoms with Gasteiger partial charge in [-0.05, 0) is 38.3 Å². The standard InChI is InChI=1S/C17H23N3S/c1-5-15(16(18)14-9-7-6-8-10-14)21-17-19-12(3)11(2)13(4)20-17/h6-10,15-16H,5,18H2,1-4H3. The number of aryl methyl sites for hydroxylation is 2. The van der Waals surface area contributed by atoms with Gasteiger partial charge in [-0.25, -0.2) is 9.97 Å². The third kappa shape index (κ3) is 3.83. The van der Waals surface area contributed by atoms with Crippen molar-refractivity contribution in [1.29, 1.82) is 0 Å². The van der Waals surface area contributed by atoms with E-state index in [1.54, 1.807) is 11.8 Å². The number of nitrogens with zero attached hydrogens (tertiary/aromatic N) is 2. The second-order valence-electron chi connectivity index (χ2n) is 5.30. The minimum Gasteiger partial charge on any atom is -0.323 e. The maximum Gasteiger partial charge on any atom is 0.188 e. The first-order chi connectivity index (χ1) is 10.0. The van der Waals surface area contributed by atoms with Crippen LogP contribution in [0.3, 0.4) is 0 Å². The zero-order valence-electron chi connectivity index (χ0n) is 13.1. The van der Waals surface area contributed by atoms with Gasteiger partial charge in [0.05, 0.1) is 0 Å². The summed E-state index contributed by atoms with van der Waals surface area (Å²) in [6.45, 7) is 8.29. The fraction of sp³-hybridized carbons (Fsp3) is 0.412. The molecule has 112 valence electrons. The Hall–Kier alpha value is -1.39. The number of rotatable bonds is 5. The van der Waals surface area contributed by atoms with Crippen molar-refractivity contribution in [3.8, 4) is 0 Å². The van der Waals surface area contributed by atoms with Crippen LogP contribution in [0.5, 0.6) is 0 Å². The average molecular weight is 301 g/mol. The predicted molar refractivity (Wildman–Crippen MR) is 89.5 cm³/mol. The Kier molecular flexibility index (Phi) is 5.37. The first kappa shape index (κ1) is 16.0. The van der Waals surface area contributed by atoms with E-state index in [1.165, 1.54) is 5.56 Å². The Morgan fingerprint density at radius 1 is 1.05 bits per heavy atom. The summed E-state index contributed by atoms with van der Waals surface area (Å²) in [5.41, 5.74) is 10.9. The number of hydrogen-bond donors (Lipinski definition) is 1. The summed E-state index contributed by atoms with van der Waals surface area (Å²) in [4.78, 5) is 9.19. The molecule has 0 aliphatic heterocycles. The van der Waals surface area contributed by atoms with E-state index in [0.717, 1.165) is 28.5 Å². The second kappa shape index (κ2) is 7.05. The van der Waals surface area contributed by atoms with Crippen molar-refractivity contribution in [1.82, 2.24) is 9.97 Å². The molecular formula is C17H23N3S. The smallest absolute Gasteiger partial charge is 0.188 e. The molecule has 2 atom stereocenters. The van der Waals surface area contributed by atoms with Gasteiger partial charge in [0.2, 0.25) is 0 Å². The van der Waals surface area contributed by atoms with Crippen LogP contribution in [0.1, 0.15) is 41.9 Å². The zero-order valence-corrected chi connectivity index (χ0v) is 13.9. The molecule has 4 heteroatoms. The summed E-state index contributed by atoms with van der Waals surface area (Å²) < 4.78 is 0. The SMILES string of the molecule is CCC(Sc1nc(C)c(C)c(C)n1)C(N)c1ccccc1. The lowest BCUT2D eigenvalue weighted by Gasteiger charge is -2.22. The molecule has 1 aromatic carbocycles. The number of thioether (sulfide) groups is 1. The summed E-state index contributed by atoms with van der Waals surface area (Å²) in [5, 5.41) is 1.10. The van der Waals surface area contributed by atoms with Gasteiger partial charge in [-0.15, -0.1) is 0 Å². The molecule has 0 bridgehead atoms. The molecule has 0 radical (unpaired) electrons. The van der Waals surface area contributed by atoms with Crippen LogP contribution in [0.4, 0.5) is 0 Å². The topological polar surface area (TPSA) is 51.8 Å². The highest BCUT2D eigenvalue weighted by Crippen LogP contribution is 2.31. The lowest BCUT2D eigenvalue weighted by atomic mass is 10.0. The van der Waals surface area contributed by atoms with Crippen molar-refractivity contribution in [3.63, 3.8) is 0 Å². The van der Waals surface area contributed by atoms with E-state index in [-0.39, 0.29) is 11.3 Å². The van der Waals surface area contributed by atoms with E-state index in [2.05, 4.69) is 35.9 Å². The molecule has 0 saturated heterocycles. The molecule has 0 saturated carbocycles. The Balaban J connectivity index is 2.20. The average Bonchev–Trinajstić information content (AvgIpc) is 2.50. The molecule has 2 aromatic rings. The Morgan fingerprint density at radius 2 is 1.62 bits per heavy atom. The van der Waals surface area contributed by atoms with Crippen molar-refractivity contribution in [2.75, 3.05) is 0 Å². The van der Waals surface area contributed by atoms with Gasteiger partial charge in [-0.3, -0.25) is 0 Å². The molecule has 0 aliphatic rings. The van der Waals surface area contributed by atoms with Gasteiger partial charge in [-0.2, -0.15) is 0 Å². The molecule has 3 nitrogen and oxygen atoms in total. The van der Waals surface area contributed by atoms with Crippen LogP contribution in [-0.2, 0) is 0 Å². The minimum absolute atomic E-state index is 0.00767. The summed E-state index contributed by atoms with van der Waals surface area (Å²) in [5.74, 6) is 0. The fourth-order valence-corrected chi connectivity index (χ4v) is 3.35. The number of aromatic nitrogens is 2. The molecule has 1 aromatic heterocycles. The third-order valence-electron chi connectivity index (χ3n) is 3.86. The van der Waals surface area contributed by atoms with Gasteiger partial charge in [-0.1, -0.05) is 49.0 Å².